The molecule has 0 saturated heterocycles. The molecule has 5 nitrogen and oxygen atoms in total. The zero-order valence-corrected chi connectivity index (χ0v) is 12.8. The maximum Gasteiger partial charge on any atom is 0.254 e. The number of carbonyl (C=O) groups excluding carboxylic acids is 1. The summed E-state index contributed by atoms with van der Waals surface area (Å²) >= 11 is 0. The second-order valence-corrected chi connectivity index (χ2v) is 5.04. The molecule has 0 radical (unpaired) electrons. The summed E-state index contributed by atoms with van der Waals surface area (Å²) in [4.78, 5) is 16.4. The summed E-state index contributed by atoms with van der Waals surface area (Å²) in [6, 6.07) is 5.13. The molecule has 5 heteroatoms. The number of hydrogen-bond donors (Lipinski definition) is 1. The number of hydrogen-bond acceptors (Lipinski definition) is 4. The molecule has 0 unspecified atom stereocenters. The first-order valence-electron chi connectivity index (χ1n) is 6.86. The van der Waals surface area contributed by atoms with E-state index in [1.165, 1.54) is 0 Å². The van der Waals surface area contributed by atoms with Crippen LogP contribution in [0.5, 0.6) is 5.75 Å². The van der Waals surface area contributed by atoms with Crippen LogP contribution in [0, 0.1) is 0 Å². The van der Waals surface area contributed by atoms with Crippen LogP contribution in [0.1, 0.15) is 23.7 Å². The number of rotatable bonds is 7. The Bertz CT molecular complexity index is 447. The molecule has 1 aromatic carbocycles. The molecular formula is C15H25N3O2. The SMILES string of the molecule is CCN(CCCN(C)C)C(=O)c1cc(N)cc(OC)c1. The van der Waals surface area contributed by atoms with Crippen LogP contribution >= 0.6 is 0 Å². The Balaban J connectivity index is 2.77. The van der Waals surface area contributed by atoms with Gasteiger partial charge in [0.15, 0.2) is 0 Å². The average molecular weight is 279 g/mol. The predicted molar refractivity (Wildman–Crippen MR) is 82.2 cm³/mol. The third-order valence-electron chi connectivity index (χ3n) is 3.11. The fraction of sp³-hybridized carbons (Fsp3) is 0.533. The number of nitrogen functional groups attached to an aromatic ring is 1. The molecule has 0 aliphatic carbocycles. The lowest BCUT2D eigenvalue weighted by Gasteiger charge is -2.22. The van der Waals surface area contributed by atoms with Gasteiger partial charge < -0.3 is 20.3 Å². The van der Waals surface area contributed by atoms with Crippen molar-refractivity contribution >= 4 is 11.6 Å². The first kappa shape index (κ1) is 16.3. The van der Waals surface area contributed by atoms with Crippen LogP contribution in [0.15, 0.2) is 18.2 Å². The van der Waals surface area contributed by atoms with Crippen molar-refractivity contribution in [1.29, 1.82) is 0 Å². The van der Waals surface area contributed by atoms with E-state index in [4.69, 9.17) is 10.5 Å². The van der Waals surface area contributed by atoms with Gasteiger partial charge >= 0.3 is 0 Å². The van der Waals surface area contributed by atoms with Gasteiger partial charge in [-0.15, -0.1) is 0 Å². The molecule has 112 valence electrons. The molecule has 20 heavy (non-hydrogen) atoms. The van der Waals surface area contributed by atoms with Gasteiger partial charge in [0.25, 0.3) is 5.91 Å². The highest BCUT2D eigenvalue weighted by molar-refractivity contribution is 5.95. The van der Waals surface area contributed by atoms with Gasteiger partial charge in [-0.1, -0.05) is 0 Å². The van der Waals surface area contributed by atoms with Gasteiger partial charge in [-0.25, -0.2) is 0 Å². The summed E-state index contributed by atoms with van der Waals surface area (Å²) in [6.45, 7) is 4.37. The fourth-order valence-corrected chi connectivity index (χ4v) is 2.03. The molecule has 0 atom stereocenters. The molecule has 0 spiro atoms. The highest BCUT2D eigenvalue weighted by Gasteiger charge is 2.15. The lowest BCUT2D eigenvalue weighted by molar-refractivity contribution is 0.0759. The smallest absolute Gasteiger partial charge is 0.254 e. The lowest BCUT2D eigenvalue weighted by Crippen LogP contribution is -2.33. The molecule has 0 saturated carbocycles. The Morgan fingerprint density at radius 1 is 1.25 bits per heavy atom. The van der Waals surface area contributed by atoms with E-state index in [1.807, 2.05) is 25.9 Å². The number of ether oxygens (including phenoxy) is 1. The van der Waals surface area contributed by atoms with Gasteiger partial charge in [-0.2, -0.15) is 0 Å². The number of nitrogens with two attached hydrogens (primary N) is 1. The van der Waals surface area contributed by atoms with E-state index in [2.05, 4.69) is 4.90 Å². The van der Waals surface area contributed by atoms with Crippen molar-refractivity contribution in [1.82, 2.24) is 9.80 Å². The largest absolute Gasteiger partial charge is 0.497 e. The van der Waals surface area contributed by atoms with E-state index in [-0.39, 0.29) is 5.91 Å². The van der Waals surface area contributed by atoms with Crippen molar-refractivity contribution in [3.8, 4) is 5.75 Å². The third kappa shape index (κ3) is 4.74. The molecule has 1 aromatic rings. The van der Waals surface area contributed by atoms with Gasteiger partial charge in [0.1, 0.15) is 5.75 Å². The standard InChI is InChI=1S/C15H25N3O2/c1-5-18(8-6-7-17(2)3)15(19)12-9-13(16)11-14(10-12)20-4/h9-11H,5-8,16H2,1-4H3. The van der Waals surface area contributed by atoms with Crippen LogP contribution in [0.25, 0.3) is 0 Å². The molecule has 0 aromatic heterocycles. The predicted octanol–water partition coefficient (Wildman–Crippen LogP) is 1.69. The molecular weight excluding hydrogens is 254 g/mol. The molecule has 1 rings (SSSR count). The molecule has 0 fully saturated rings. The molecule has 1 amide bonds. The topological polar surface area (TPSA) is 58.8 Å². The second-order valence-electron chi connectivity index (χ2n) is 5.04. The zero-order chi connectivity index (χ0) is 15.1. The van der Waals surface area contributed by atoms with Gasteiger partial charge in [0.05, 0.1) is 7.11 Å². The van der Waals surface area contributed by atoms with Crippen LogP contribution in [0.2, 0.25) is 0 Å². The van der Waals surface area contributed by atoms with Crippen molar-refractivity contribution in [3.05, 3.63) is 23.8 Å². The Morgan fingerprint density at radius 2 is 1.95 bits per heavy atom. The molecule has 0 bridgehead atoms. The van der Waals surface area contributed by atoms with Crippen molar-refractivity contribution < 1.29 is 9.53 Å². The van der Waals surface area contributed by atoms with Crippen LogP contribution in [-0.4, -0.2) is 56.5 Å². The van der Waals surface area contributed by atoms with Crippen LogP contribution < -0.4 is 10.5 Å². The first-order valence-corrected chi connectivity index (χ1v) is 6.86. The number of carbonyl (C=O) groups is 1. The number of benzene rings is 1. The quantitative estimate of drug-likeness (QED) is 0.772. The Labute approximate surface area is 121 Å². The van der Waals surface area contributed by atoms with E-state index in [9.17, 15) is 4.79 Å². The van der Waals surface area contributed by atoms with Gasteiger partial charge in [-0.05, 0) is 46.1 Å². The summed E-state index contributed by atoms with van der Waals surface area (Å²) in [5, 5.41) is 0. The van der Waals surface area contributed by atoms with Crippen molar-refractivity contribution in [2.24, 2.45) is 0 Å². The van der Waals surface area contributed by atoms with Crippen LogP contribution in [0.3, 0.4) is 0 Å². The maximum absolute atomic E-state index is 12.5. The summed E-state index contributed by atoms with van der Waals surface area (Å²) < 4.78 is 5.15. The van der Waals surface area contributed by atoms with E-state index in [0.717, 1.165) is 19.5 Å². The van der Waals surface area contributed by atoms with Crippen molar-refractivity contribution in [3.63, 3.8) is 0 Å². The molecule has 0 heterocycles. The summed E-state index contributed by atoms with van der Waals surface area (Å²) in [6.07, 6.45) is 0.950. The van der Waals surface area contributed by atoms with E-state index in [1.54, 1.807) is 25.3 Å². The molecule has 0 aliphatic rings. The average Bonchev–Trinajstić information content (AvgIpc) is 2.41. The zero-order valence-electron chi connectivity index (χ0n) is 12.8. The van der Waals surface area contributed by atoms with Crippen LogP contribution in [-0.2, 0) is 0 Å². The molecule has 2 N–H and O–H groups in total. The Morgan fingerprint density at radius 3 is 2.50 bits per heavy atom. The summed E-state index contributed by atoms with van der Waals surface area (Å²) in [5.74, 6) is 0.606. The Kier molecular flexibility index (Phi) is 6.31. The van der Waals surface area contributed by atoms with Crippen molar-refractivity contribution in [2.45, 2.75) is 13.3 Å². The van der Waals surface area contributed by atoms with E-state index in [0.29, 0.717) is 23.5 Å². The highest BCUT2D eigenvalue weighted by Crippen LogP contribution is 2.19. The third-order valence-corrected chi connectivity index (χ3v) is 3.11. The monoisotopic (exact) mass is 279 g/mol. The normalized spacial score (nSPS) is 10.7. The van der Waals surface area contributed by atoms with Gasteiger partial charge in [-0.3, -0.25) is 4.79 Å². The maximum atomic E-state index is 12.5. The summed E-state index contributed by atoms with van der Waals surface area (Å²) in [5.41, 5.74) is 6.91. The minimum Gasteiger partial charge on any atom is -0.497 e. The molecule has 0 aliphatic heterocycles. The van der Waals surface area contributed by atoms with E-state index >= 15 is 0 Å². The second kappa shape index (κ2) is 7.75. The number of amides is 1. The Hall–Kier alpha value is -1.75. The van der Waals surface area contributed by atoms with E-state index < -0.39 is 0 Å². The number of methoxy groups -OCH3 is 1. The minimum absolute atomic E-state index is 0.00291. The number of nitrogens with zero attached hydrogens (tertiary/aromatic N) is 2. The number of anilines is 1. The van der Waals surface area contributed by atoms with Gasteiger partial charge in [0.2, 0.25) is 0 Å². The highest BCUT2D eigenvalue weighted by atomic mass is 16.5. The first-order chi connectivity index (χ1) is 9.47. The minimum atomic E-state index is -0.00291. The summed E-state index contributed by atoms with van der Waals surface area (Å²) in [7, 11) is 5.62. The fourth-order valence-electron chi connectivity index (χ4n) is 2.03. The lowest BCUT2D eigenvalue weighted by atomic mass is 10.1. The van der Waals surface area contributed by atoms with Crippen molar-refractivity contribution in [2.75, 3.05) is 46.6 Å². The van der Waals surface area contributed by atoms with Gasteiger partial charge in [0, 0.05) is 30.4 Å². The van der Waals surface area contributed by atoms with Crippen LogP contribution in [0.4, 0.5) is 5.69 Å².